The van der Waals surface area contributed by atoms with Gasteiger partial charge in [0.1, 0.15) is 6.61 Å². The van der Waals surface area contributed by atoms with E-state index in [4.69, 9.17) is 15.2 Å². The van der Waals surface area contributed by atoms with Gasteiger partial charge in [-0.15, -0.1) is 0 Å². The smallest absolute Gasteiger partial charge is 0.277 e. The molecule has 0 saturated heterocycles. The van der Waals surface area contributed by atoms with E-state index >= 15 is 0 Å². The van der Waals surface area contributed by atoms with Crippen LogP contribution in [-0.4, -0.2) is 38.6 Å². The van der Waals surface area contributed by atoms with Gasteiger partial charge in [-0.2, -0.15) is 0 Å². The van der Waals surface area contributed by atoms with E-state index in [1.807, 2.05) is 0 Å². The van der Waals surface area contributed by atoms with Crippen LogP contribution in [0, 0.1) is 0 Å². The van der Waals surface area contributed by atoms with Gasteiger partial charge in [0.25, 0.3) is 11.8 Å². The molecule has 0 aliphatic carbocycles. The Morgan fingerprint density at radius 1 is 1.48 bits per heavy atom. The summed E-state index contributed by atoms with van der Waals surface area (Å²) in [5.41, 5.74) is 5.08. The van der Waals surface area contributed by atoms with Crippen molar-refractivity contribution in [2.45, 2.75) is 5.92 Å². The molecule has 1 amide bonds. The first-order valence-electron chi connectivity index (χ1n) is 6.21. The molecule has 1 aromatic rings. The maximum Gasteiger partial charge on any atom is 0.277 e. The largest absolute Gasteiger partial charge is 0.493 e. The minimum atomic E-state index is -3.13. The molecule has 7 heteroatoms. The van der Waals surface area contributed by atoms with Crippen molar-refractivity contribution in [2.75, 3.05) is 26.8 Å². The van der Waals surface area contributed by atoms with Gasteiger partial charge in [-0.05, 0) is 18.2 Å². The number of carbonyl (C=O) groups excluding carboxylic acids is 1. The van der Waals surface area contributed by atoms with E-state index in [0.29, 0.717) is 11.5 Å². The molecule has 5 nitrogen and oxygen atoms in total. The molecule has 0 aliphatic rings. The molecular weight excluding hydrogens is 282 g/mol. The maximum atomic E-state index is 13.0. The first-order valence-corrected chi connectivity index (χ1v) is 6.21. The van der Waals surface area contributed by atoms with Crippen molar-refractivity contribution < 1.29 is 23.0 Å². The number of methoxy groups -OCH3 is 1. The van der Waals surface area contributed by atoms with E-state index in [1.165, 1.54) is 25.3 Å². The molecule has 0 bridgehead atoms. The number of alkyl halides is 2. The van der Waals surface area contributed by atoms with Gasteiger partial charge in [-0.1, -0.05) is 12.7 Å². The third kappa shape index (κ3) is 5.03. The molecule has 0 saturated carbocycles. The lowest BCUT2D eigenvalue weighted by molar-refractivity contribution is 0.0118. The summed E-state index contributed by atoms with van der Waals surface area (Å²) in [5, 5.41) is 2.12. The SMILES string of the molecule is C=CCOc1ccc(C(=O)NCC(F)(F)CN)cc1OC. The molecule has 0 spiro atoms. The number of amides is 1. The Morgan fingerprint density at radius 3 is 2.76 bits per heavy atom. The average Bonchev–Trinajstić information content (AvgIpc) is 2.50. The number of benzene rings is 1. The Balaban J connectivity index is 2.79. The van der Waals surface area contributed by atoms with Gasteiger partial charge in [0.05, 0.1) is 20.2 Å². The summed E-state index contributed by atoms with van der Waals surface area (Å²) in [6, 6.07) is 4.39. The normalized spacial score (nSPS) is 10.9. The van der Waals surface area contributed by atoms with Crippen LogP contribution < -0.4 is 20.5 Å². The molecular formula is C14H18F2N2O3. The molecule has 116 valence electrons. The lowest BCUT2D eigenvalue weighted by Crippen LogP contribution is -2.41. The lowest BCUT2D eigenvalue weighted by Gasteiger charge is -2.15. The fraction of sp³-hybridized carbons (Fsp3) is 0.357. The molecule has 0 heterocycles. The highest BCUT2D eigenvalue weighted by Gasteiger charge is 2.27. The zero-order valence-electron chi connectivity index (χ0n) is 11.7. The molecule has 3 N–H and O–H groups in total. The van der Waals surface area contributed by atoms with Gasteiger partial charge >= 0.3 is 0 Å². The van der Waals surface area contributed by atoms with E-state index in [1.54, 1.807) is 6.08 Å². The highest BCUT2D eigenvalue weighted by atomic mass is 19.3. The quantitative estimate of drug-likeness (QED) is 0.715. The Kier molecular flexibility index (Phi) is 6.10. The molecule has 0 radical (unpaired) electrons. The summed E-state index contributed by atoms with van der Waals surface area (Å²) in [5.74, 6) is -3.01. The Hall–Kier alpha value is -2.15. The fourth-order valence-corrected chi connectivity index (χ4v) is 1.46. The van der Waals surface area contributed by atoms with E-state index in [2.05, 4.69) is 11.9 Å². The number of hydrogen-bond donors (Lipinski definition) is 2. The van der Waals surface area contributed by atoms with Gasteiger partial charge in [0.2, 0.25) is 0 Å². The van der Waals surface area contributed by atoms with Crippen LogP contribution in [0.5, 0.6) is 11.5 Å². The van der Waals surface area contributed by atoms with E-state index in [9.17, 15) is 13.6 Å². The van der Waals surface area contributed by atoms with Crippen LogP contribution in [0.3, 0.4) is 0 Å². The molecule has 21 heavy (non-hydrogen) atoms. The molecule has 0 unspecified atom stereocenters. The average molecular weight is 300 g/mol. The Bertz CT molecular complexity index is 507. The van der Waals surface area contributed by atoms with Crippen LogP contribution in [-0.2, 0) is 0 Å². The Morgan fingerprint density at radius 2 is 2.19 bits per heavy atom. The number of rotatable bonds is 8. The number of hydrogen-bond acceptors (Lipinski definition) is 4. The zero-order valence-corrected chi connectivity index (χ0v) is 11.7. The number of ether oxygens (including phenoxy) is 2. The van der Waals surface area contributed by atoms with Gasteiger partial charge in [0, 0.05) is 5.56 Å². The summed E-state index contributed by atoms with van der Waals surface area (Å²) < 4.78 is 36.4. The van der Waals surface area contributed by atoms with Crippen molar-refractivity contribution in [3.63, 3.8) is 0 Å². The summed E-state index contributed by atoms with van der Waals surface area (Å²) in [6.07, 6.45) is 1.56. The van der Waals surface area contributed by atoms with Crippen LogP contribution in [0.2, 0.25) is 0 Å². The molecule has 0 aliphatic heterocycles. The third-order valence-electron chi connectivity index (χ3n) is 2.59. The van der Waals surface area contributed by atoms with Crippen molar-refractivity contribution in [3.8, 4) is 11.5 Å². The summed E-state index contributed by atoms with van der Waals surface area (Å²) in [7, 11) is 1.42. The van der Waals surface area contributed by atoms with Crippen LogP contribution in [0.25, 0.3) is 0 Å². The summed E-state index contributed by atoms with van der Waals surface area (Å²) in [6.45, 7) is 2.16. The number of nitrogens with one attached hydrogen (secondary N) is 1. The molecule has 0 atom stereocenters. The topological polar surface area (TPSA) is 73.6 Å². The predicted octanol–water partition coefficient (Wildman–Crippen LogP) is 1.58. The lowest BCUT2D eigenvalue weighted by atomic mass is 10.2. The number of nitrogens with two attached hydrogens (primary N) is 1. The van der Waals surface area contributed by atoms with Crippen molar-refractivity contribution in [1.82, 2.24) is 5.32 Å². The van der Waals surface area contributed by atoms with Crippen LogP contribution in [0.15, 0.2) is 30.9 Å². The standard InChI is InChI=1S/C14H18F2N2O3/c1-3-6-21-11-5-4-10(7-12(11)20-2)13(19)18-9-14(15,16)8-17/h3-5,7H,1,6,8-9,17H2,2H3,(H,18,19). The fourth-order valence-electron chi connectivity index (χ4n) is 1.46. The minimum Gasteiger partial charge on any atom is -0.493 e. The van der Waals surface area contributed by atoms with Gasteiger partial charge in [-0.3, -0.25) is 4.79 Å². The molecule has 1 rings (SSSR count). The van der Waals surface area contributed by atoms with Crippen molar-refractivity contribution in [3.05, 3.63) is 36.4 Å². The third-order valence-corrected chi connectivity index (χ3v) is 2.59. The van der Waals surface area contributed by atoms with E-state index in [-0.39, 0.29) is 12.2 Å². The first kappa shape index (κ1) is 16.9. The highest BCUT2D eigenvalue weighted by molar-refractivity contribution is 5.94. The van der Waals surface area contributed by atoms with Crippen LogP contribution in [0.4, 0.5) is 8.78 Å². The van der Waals surface area contributed by atoms with E-state index < -0.39 is 24.9 Å². The zero-order chi connectivity index (χ0) is 15.9. The van der Waals surface area contributed by atoms with Gasteiger partial charge < -0.3 is 20.5 Å². The van der Waals surface area contributed by atoms with Crippen molar-refractivity contribution >= 4 is 5.91 Å². The van der Waals surface area contributed by atoms with Crippen LogP contribution in [0.1, 0.15) is 10.4 Å². The minimum absolute atomic E-state index is 0.186. The first-order chi connectivity index (χ1) is 9.93. The van der Waals surface area contributed by atoms with Crippen molar-refractivity contribution in [1.29, 1.82) is 0 Å². The second kappa shape index (κ2) is 7.58. The highest BCUT2D eigenvalue weighted by Crippen LogP contribution is 2.28. The summed E-state index contributed by atoms with van der Waals surface area (Å²) in [4.78, 5) is 11.8. The van der Waals surface area contributed by atoms with E-state index in [0.717, 1.165) is 0 Å². The maximum absolute atomic E-state index is 13.0. The predicted molar refractivity (Wildman–Crippen MR) is 75.0 cm³/mol. The molecule has 1 aromatic carbocycles. The van der Waals surface area contributed by atoms with Gasteiger partial charge in [-0.25, -0.2) is 8.78 Å². The second-order valence-corrected chi connectivity index (χ2v) is 4.21. The van der Waals surface area contributed by atoms with Crippen LogP contribution >= 0.6 is 0 Å². The molecule has 0 aromatic heterocycles. The molecule has 0 fully saturated rings. The number of halogens is 2. The Labute approximate surface area is 121 Å². The number of carbonyl (C=O) groups is 1. The van der Waals surface area contributed by atoms with Gasteiger partial charge in [0.15, 0.2) is 11.5 Å². The summed E-state index contributed by atoms with van der Waals surface area (Å²) >= 11 is 0. The monoisotopic (exact) mass is 300 g/mol. The van der Waals surface area contributed by atoms with Crippen molar-refractivity contribution in [2.24, 2.45) is 5.73 Å². The second-order valence-electron chi connectivity index (χ2n) is 4.21.